The highest BCUT2D eigenvalue weighted by Gasteiger charge is 2.17. The molecule has 1 amide bonds. The van der Waals surface area contributed by atoms with Gasteiger partial charge in [0.1, 0.15) is 0 Å². The summed E-state index contributed by atoms with van der Waals surface area (Å²) in [6.45, 7) is 2.09. The molecule has 0 radical (unpaired) electrons. The van der Waals surface area contributed by atoms with Gasteiger partial charge in [-0.25, -0.2) is 8.42 Å². The fourth-order valence-electron chi connectivity index (χ4n) is 1.96. The molecule has 0 saturated carbocycles. The Labute approximate surface area is 118 Å². The van der Waals surface area contributed by atoms with Crippen molar-refractivity contribution in [1.82, 2.24) is 5.32 Å². The second kappa shape index (κ2) is 6.34. The number of sulfone groups is 1. The number of amides is 1. The maximum absolute atomic E-state index is 11.8. The predicted molar refractivity (Wildman–Crippen MR) is 75.4 cm³/mol. The van der Waals surface area contributed by atoms with Gasteiger partial charge in [0.2, 0.25) is 5.91 Å². The zero-order chi connectivity index (χ0) is 14.6. The zero-order valence-corrected chi connectivity index (χ0v) is 12.1. The van der Waals surface area contributed by atoms with E-state index in [1.54, 1.807) is 12.1 Å². The first-order valence-corrected chi connectivity index (χ1v) is 8.26. The molecule has 2 rings (SSSR count). The highest BCUT2D eigenvalue weighted by atomic mass is 32.2. The summed E-state index contributed by atoms with van der Waals surface area (Å²) in [5.41, 5.74) is 0.575. The molecule has 0 spiro atoms. The molecule has 1 heterocycles. The van der Waals surface area contributed by atoms with Crippen molar-refractivity contribution >= 4 is 21.4 Å². The first-order valence-electron chi connectivity index (χ1n) is 6.37. The van der Waals surface area contributed by atoms with Crippen LogP contribution >= 0.6 is 0 Å². The van der Waals surface area contributed by atoms with E-state index in [9.17, 15) is 13.2 Å². The molecule has 1 aromatic carbocycles. The first-order chi connectivity index (χ1) is 9.45. The average Bonchev–Trinajstić information content (AvgIpc) is 2.39. The lowest BCUT2D eigenvalue weighted by molar-refractivity contribution is -0.119. The first kappa shape index (κ1) is 15.0. The fraction of sp³-hybridized carbons (Fsp3) is 0.462. The van der Waals surface area contributed by atoms with Crippen LogP contribution in [0.5, 0.6) is 0 Å². The number of ether oxygens (including phenoxy) is 1. The average molecular weight is 298 g/mol. The van der Waals surface area contributed by atoms with Crippen LogP contribution < -0.4 is 10.6 Å². The van der Waals surface area contributed by atoms with Crippen molar-refractivity contribution < 1.29 is 17.9 Å². The number of benzene rings is 1. The van der Waals surface area contributed by atoms with Gasteiger partial charge >= 0.3 is 0 Å². The molecule has 1 aliphatic heterocycles. The summed E-state index contributed by atoms with van der Waals surface area (Å²) in [4.78, 5) is 12.1. The molecule has 6 nitrogen and oxygen atoms in total. The minimum atomic E-state index is -3.21. The van der Waals surface area contributed by atoms with Gasteiger partial charge in [0, 0.05) is 25.0 Å². The molecule has 1 saturated heterocycles. The number of rotatable bonds is 4. The monoisotopic (exact) mass is 298 g/mol. The van der Waals surface area contributed by atoms with Crippen LogP contribution in [0.15, 0.2) is 29.2 Å². The van der Waals surface area contributed by atoms with Crippen LogP contribution in [-0.4, -0.2) is 46.4 Å². The molecule has 1 atom stereocenters. The van der Waals surface area contributed by atoms with Gasteiger partial charge in [0.15, 0.2) is 9.84 Å². The van der Waals surface area contributed by atoms with Crippen LogP contribution in [0.4, 0.5) is 5.69 Å². The van der Waals surface area contributed by atoms with E-state index in [1.165, 1.54) is 12.1 Å². The lowest BCUT2D eigenvalue weighted by atomic mass is 10.2. The van der Waals surface area contributed by atoms with Crippen molar-refractivity contribution in [2.75, 3.05) is 31.3 Å². The van der Waals surface area contributed by atoms with Gasteiger partial charge in [-0.15, -0.1) is 0 Å². The van der Waals surface area contributed by atoms with Crippen LogP contribution in [-0.2, 0) is 19.4 Å². The third-order valence-corrected chi connectivity index (χ3v) is 4.11. The van der Waals surface area contributed by atoms with E-state index in [0.717, 1.165) is 12.8 Å². The number of hydrogen-bond acceptors (Lipinski definition) is 5. The Balaban J connectivity index is 1.91. The van der Waals surface area contributed by atoms with Crippen molar-refractivity contribution in [2.24, 2.45) is 0 Å². The van der Waals surface area contributed by atoms with E-state index >= 15 is 0 Å². The molecule has 20 heavy (non-hydrogen) atoms. The van der Waals surface area contributed by atoms with Gasteiger partial charge in [-0.1, -0.05) is 0 Å². The number of anilines is 1. The Hall–Kier alpha value is -1.44. The molecule has 110 valence electrons. The molecule has 2 N–H and O–H groups in total. The molecular weight excluding hydrogens is 280 g/mol. The van der Waals surface area contributed by atoms with Crippen molar-refractivity contribution in [3.05, 3.63) is 24.3 Å². The molecule has 0 bridgehead atoms. The van der Waals surface area contributed by atoms with Gasteiger partial charge in [-0.05, 0) is 24.3 Å². The van der Waals surface area contributed by atoms with Crippen molar-refractivity contribution in [3.63, 3.8) is 0 Å². The number of carbonyl (C=O) groups is 1. The number of nitrogens with one attached hydrogen (secondary N) is 2. The van der Waals surface area contributed by atoms with Gasteiger partial charge < -0.3 is 15.4 Å². The van der Waals surface area contributed by atoms with E-state index in [0.29, 0.717) is 18.8 Å². The molecular formula is C13H18N2O4S. The van der Waals surface area contributed by atoms with Gasteiger partial charge in [0.05, 0.1) is 24.0 Å². The summed E-state index contributed by atoms with van der Waals surface area (Å²) in [6.07, 6.45) is 1.31. The van der Waals surface area contributed by atoms with Crippen LogP contribution in [0.3, 0.4) is 0 Å². The normalized spacial score (nSPS) is 19.6. The Kier molecular flexibility index (Phi) is 4.74. The minimum absolute atomic E-state index is 0.112. The highest BCUT2D eigenvalue weighted by Crippen LogP contribution is 2.14. The Morgan fingerprint density at radius 2 is 2.10 bits per heavy atom. The van der Waals surface area contributed by atoms with E-state index < -0.39 is 9.84 Å². The van der Waals surface area contributed by atoms with Gasteiger partial charge in [0.25, 0.3) is 0 Å². The summed E-state index contributed by atoms with van der Waals surface area (Å²) >= 11 is 0. The Morgan fingerprint density at radius 3 is 2.65 bits per heavy atom. The number of hydrogen-bond donors (Lipinski definition) is 2. The summed E-state index contributed by atoms with van der Waals surface area (Å²) < 4.78 is 28.1. The molecule has 1 unspecified atom stereocenters. The summed E-state index contributed by atoms with van der Waals surface area (Å²) in [7, 11) is -3.21. The summed E-state index contributed by atoms with van der Waals surface area (Å²) in [5.74, 6) is -0.147. The van der Waals surface area contributed by atoms with E-state index in [1.807, 2.05) is 0 Å². The third-order valence-electron chi connectivity index (χ3n) is 2.98. The van der Waals surface area contributed by atoms with E-state index in [4.69, 9.17) is 4.74 Å². The van der Waals surface area contributed by atoms with Crippen molar-refractivity contribution in [1.29, 1.82) is 0 Å². The van der Waals surface area contributed by atoms with Gasteiger partial charge in [-0.2, -0.15) is 0 Å². The Morgan fingerprint density at radius 1 is 1.40 bits per heavy atom. The second-order valence-corrected chi connectivity index (χ2v) is 6.76. The SMILES string of the molecule is CS(=O)(=O)c1ccc(NC(=O)CC2CNCCO2)cc1. The fourth-order valence-corrected chi connectivity index (χ4v) is 2.59. The minimum Gasteiger partial charge on any atom is -0.375 e. The molecule has 0 aliphatic carbocycles. The predicted octanol–water partition coefficient (Wildman–Crippen LogP) is 0.407. The Bertz CT molecular complexity index is 563. The van der Waals surface area contributed by atoms with Gasteiger partial charge in [-0.3, -0.25) is 4.79 Å². The number of carbonyl (C=O) groups excluding carboxylic acids is 1. The molecule has 1 fully saturated rings. The number of morpholine rings is 1. The molecule has 1 aromatic rings. The quantitative estimate of drug-likeness (QED) is 0.841. The third kappa shape index (κ3) is 4.29. The van der Waals surface area contributed by atoms with E-state index in [2.05, 4.69) is 10.6 Å². The summed E-state index contributed by atoms with van der Waals surface area (Å²) in [6, 6.07) is 6.11. The molecule has 0 aromatic heterocycles. The zero-order valence-electron chi connectivity index (χ0n) is 11.3. The van der Waals surface area contributed by atoms with Crippen LogP contribution in [0.2, 0.25) is 0 Å². The van der Waals surface area contributed by atoms with E-state index in [-0.39, 0.29) is 23.3 Å². The highest BCUT2D eigenvalue weighted by molar-refractivity contribution is 7.90. The van der Waals surface area contributed by atoms with Crippen LogP contribution in [0.1, 0.15) is 6.42 Å². The standard InChI is InChI=1S/C13H18N2O4S/c1-20(17,18)12-4-2-10(3-5-12)15-13(16)8-11-9-14-6-7-19-11/h2-5,11,14H,6-9H2,1H3,(H,15,16). The van der Waals surface area contributed by atoms with Crippen molar-refractivity contribution in [3.8, 4) is 0 Å². The largest absolute Gasteiger partial charge is 0.375 e. The summed E-state index contributed by atoms with van der Waals surface area (Å²) in [5, 5.41) is 5.88. The lowest BCUT2D eigenvalue weighted by Crippen LogP contribution is -2.40. The molecule has 1 aliphatic rings. The second-order valence-electron chi connectivity index (χ2n) is 4.75. The van der Waals surface area contributed by atoms with Crippen molar-refractivity contribution in [2.45, 2.75) is 17.4 Å². The molecule has 7 heteroatoms. The smallest absolute Gasteiger partial charge is 0.227 e. The maximum Gasteiger partial charge on any atom is 0.227 e. The van der Waals surface area contributed by atoms with Crippen LogP contribution in [0.25, 0.3) is 0 Å². The lowest BCUT2D eigenvalue weighted by Gasteiger charge is -2.23. The topological polar surface area (TPSA) is 84.5 Å². The van der Waals surface area contributed by atoms with Crippen LogP contribution in [0, 0.1) is 0 Å². The maximum atomic E-state index is 11.8.